The molecule has 8 heteroatoms. The topological polar surface area (TPSA) is 92.0 Å². The minimum absolute atomic E-state index is 0.00399. The van der Waals surface area contributed by atoms with E-state index in [1.165, 1.54) is 24.3 Å². The van der Waals surface area contributed by atoms with Gasteiger partial charge in [-0.1, -0.05) is 0 Å². The van der Waals surface area contributed by atoms with Crippen LogP contribution in [0.4, 0.5) is 14.9 Å². The number of nitrogens with one attached hydrogen (secondary N) is 1. The first-order valence-corrected chi connectivity index (χ1v) is 9.76. The Hall–Kier alpha value is -2.61. The summed E-state index contributed by atoms with van der Waals surface area (Å²) < 4.78 is 24.0. The zero-order valence-electron chi connectivity index (χ0n) is 16.9. The number of aliphatic hydroxyl groups excluding tert-OH is 1. The Morgan fingerprint density at radius 3 is 2.69 bits per heavy atom. The summed E-state index contributed by atoms with van der Waals surface area (Å²) in [6.07, 6.45) is 0.280. The molecule has 1 unspecified atom stereocenters. The van der Waals surface area contributed by atoms with Crippen molar-refractivity contribution in [2.24, 2.45) is 5.92 Å². The van der Waals surface area contributed by atoms with Crippen LogP contribution in [-0.4, -0.2) is 47.4 Å². The zero-order valence-corrected chi connectivity index (χ0v) is 16.9. The van der Waals surface area contributed by atoms with Crippen LogP contribution in [0.3, 0.4) is 0 Å². The summed E-state index contributed by atoms with van der Waals surface area (Å²) in [5, 5.41) is 14.0. The molecule has 158 valence electrons. The van der Waals surface area contributed by atoms with Gasteiger partial charge in [0.2, 0.25) is 0 Å². The predicted octanol–water partition coefficient (Wildman–Crippen LogP) is 3.35. The molecule has 7 nitrogen and oxygen atoms in total. The Balaban J connectivity index is 1.58. The molecular weight excluding hydrogens is 379 g/mol. The van der Waals surface area contributed by atoms with Crippen LogP contribution in [0.1, 0.15) is 33.6 Å². The van der Waals surface area contributed by atoms with Crippen molar-refractivity contribution >= 4 is 22.7 Å². The highest BCUT2D eigenvalue weighted by Crippen LogP contribution is 2.25. The number of benzene rings is 1. The molecule has 1 aromatic heterocycles. The maximum absolute atomic E-state index is 13.6. The van der Waals surface area contributed by atoms with Crippen molar-refractivity contribution in [3.8, 4) is 0 Å². The number of rotatable bonds is 4. The number of carbonyl (C=O) groups excluding carboxylic acids is 1. The number of amides is 1. The Bertz CT molecular complexity index is 929. The first-order chi connectivity index (χ1) is 13.6. The number of fused-ring (bicyclic) bond motifs is 1. The minimum atomic E-state index is -0.674. The van der Waals surface area contributed by atoms with E-state index in [9.17, 15) is 19.1 Å². The van der Waals surface area contributed by atoms with Gasteiger partial charge in [-0.2, -0.15) is 0 Å². The quantitative estimate of drug-likeness (QED) is 0.757. The molecule has 1 saturated heterocycles. The Kier molecular flexibility index (Phi) is 6.12. The first kappa shape index (κ1) is 21.1. The van der Waals surface area contributed by atoms with Gasteiger partial charge in [0.15, 0.2) is 0 Å². The molecule has 3 rings (SSSR count). The Morgan fingerprint density at radius 2 is 2.03 bits per heavy atom. The van der Waals surface area contributed by atoms with Crippen LogP contribution in [0, 0.1) is 11.7 Å². The molecule has 0 spiro atoms. The number of carbonyl (C=O) groups is 1. The fraction of sp³-hybridized carbons (Fsp3) is 0.524. The molecule has 2 heterocycles. The largest absolute Gasteiger partial charge is 0.444 e. The lowest BCUT2D eigenvalue weighted by Gasteiger charge is -2.35. The number of nitrogens with zero attached hydrogens (tertiary/aromatic N) is 1. The van der Waals surface area contributed by atoms with Crippen LogP contribution in [-0.2, 0) is 4.74 Å². The predicted molar refractivity (Wildman–Crippen MR) is 107 cm³/mol. The lowest BCUT2D eigenvalue weighted by atomic mass is 9.91. The highest BCUT2D eigenvalue weighted by molar-refractivity contribution is 5.89. The van der Waals surface area contributed by atoms with Gasteiger partial charge in [0, 0.05) is 31.1 Å². The monoisotopic (exact) mass is 406 g/mol. The number of halogens is 1. The smallest absolute Gasteiger partial charge is 0.410 e. The molecule has 0 radical (unpaired) electrons. The molecule has 0 aliphatic carbocycles. The number of ether oxygens (including phenoxy) is 1. The van der Waals surface area contributed by atoms with E-state index in [-0.39, 0.29) is 24.1 Å². The van der Waals surface area contributed by atoms with E-state index in [4.69, 9.17) is 9.15 Å². The summed E-state index contributed by atoms with van der Waals surface area (Å²) in [5.41, 5.74) is -0.392. The molecular formula is C21H27FN2O5. The highest BCUT2D eigenvalue weighted by atomic mass is 19.1. The molecule has 1 amide bonds. The van der Waals surface area contributed by atoms with Crippen LogP contribution in [0.15, 0.2) is 33.5 Å². The van der Waals surface area contributed by atoms with Crippen molar-refractivity contribution in [3.05, 3.63) is 40.5 Å². The number of anilines is 1. The van der Waals surface area contributed by atoms with Crippen molar-refractivity contribution < 1.29 is 23.4 Å². The third kappa shape index (κ3) is 5.47. The van der Waals surface area contributed by atoms with Gasteiger partial charge in [0.1, 0.15) is 17.0 Å². The second kappa shape index (κ2) is 8.41. The first-order valence-electron chi connectivity index (χ1n) is 9.76. The van der Waals surface area contributed by atoms with E-state index in [2.05, 4.69) is 5.32 Å². The fourth-order valence-electron chi connectivity index (χ4n) is 3.46. The second-order valence-corrected chi connectivity index (χ2v) is 8.37. The normalized spacial score (nSPS) is 16.7. The molecule has 1 atom stereocenters. The molecule has 2 N–H and O–H groups in total. The molecule has 1 aliphatic heterocycles. The summed E-state index contributed by atoms with van der Waals surface area (Å²) in [6.45, 7) is 6.71. The van der Waals surface area contributed by atoms with Gasteiger partial charge in [-0.25, -0.2) is 14.0 Å². The number of hydrogen-bond donors (Lipinski definition) is 2. The van der Waals surface area contributed by atoms with Gasteiger partial charge < -0.3 is 24.5 Å². The average molecular weight is 406 g/mol. The summed E-state index contributed by atoms with van der Waals surface area (Å²) in [6, 6.07) is 5.16. The van der Waals surface area contributed by atoms with E-state index < -0.39 is 23.1 Å². The summed E-state index contributed by atoms with van der Waals surface area (Å²) in [5.74, 6) is -0.436. The molecule has 1 aliphatic rings. The average Bonchev–Trinajstić information content (AvgIpc) is 2.65. The van der Waals surface area contributed by atoms with E-state index in [1.54, 1.807) is 4.90 Å². The number of piperidine rings is 1. The van der Waals surface area contributed by atoms with E-state index in [1.807, 2.05) is 20.8 Å². The van der Waals surface area contributed by atoms with Gasteiger partial charge in [-0.15, -0.1) is 0 Å². The number of likely N-dealkylation sites (tertiary alicyclic amines) is 1. The lowest BCUT2D eigenvalue weighted by molar-refractivity contribution is 0.00943. The standard InChI is InChI=1S/C21H27FN2O5/c1-21(2,3)29-20(27)24-8-6-13(7-9-24)17(25)12-23-16-11-19(26)28-18-5-4-14(22)10-15(16)18/h4-5,10-11,13,17,23,25H,6-9,12H2,1-3H3. The molecule has 29 heavy (non-hydrogen) atoms. The molecule has 1 aromatic carbocycles. The van der Waals surface area contributed by atoms with E-state index in [0.29, 0.717) is 37.0 Å². The molecule has 1 fully saturated rings. The zero-order chi connectivity index (χ0) is 21.2. The Labute approximate surface area is 168 Å². The lowest BCUT2D eigenvalue weighted by Crippen LogP contribution is -2.44. The third-order valence-corrected chi connectivity index (χ3v) is 4.94. The molecule has 2 aromatic rings. The van der Waals surface area contributed by atoms with Gasteiger partial charge >= 0.3 is 11.7 Å². The van der Waals surface area contributed by atoms with Crippen LogP contribution in [0.2, 0.25) is 0 Å². The SMILES string of the molecule is CC(C)(C)OC(=O)N1CCC(C(O)CNc2cc(=O)oc3ccc(F)cc23)CC1. The summed E-state index contributed by atoms with van der Waals surface area (Å²) in [7, 11) is 0. The van der Waals surface area contributed by atoms with Gasteiger partial charge in [0.05, 0.1) is 11.8 Å². The van der Waals surface area contributed by atoms with Crippen LogP contribution >= 0.6 is 0 Å². The summed E-state index contributed by atoms with van der Waals surface area (Å²) in [4.78, 5) is 25.5. The van der Waals surface area contributed by atoms with Gasteiger partial charge in [-0.3, -0.25) is 0 Å². The maximum atomic E-state index is 13.6. The van der Waals surface area contributed by atoms with E-state index in [0.717, 1.165) is 0 Å². The van der Waals surface area contributed by atoms with E-state index >= 15 is 0 Å². The highest BCUT2D eigenvalue weighted by Gasteiger charge is 2.30. The summed E-state index contributed by atoms with van der Waals surface area (Å²) >= 11 is 0. The molecule has 0 bridgehead atoms. The van der Waals surface area contributed by atoms with Crippen molar-refractivity contribution in [1.82, 2.24) is 4.90 Å². The van der Waals surface area contributed by atoms with Crippen molar-refractivity contribution in [2.75, 3.05) is 25.0 Å². The molecule has 0 saturated carbocycles. The van der Waals surface area contributed by atoms with Crippen molar-refractivity contribution in [2.45, 2.75) is 45.3 Å². The van der Waals surface area contributed by atoms with Gasteiger partial charge in [0.25, 0.3) is 0 Å². The van der Waals surface area contributed by atoms with Crippen LogP contribution < -0.4 is 10.9 Å². The Morgan fingerprint density at radius 1 is 1.34 bits per heavy atom. The fourth-order valence-corrected chi connectivity index (χ4v) is 3.46. The van der Waals surface area contributed by atoms with Crippen molar-refractivity contribution in [3.63, 3.8) is 0 Å². The maximum Gasteiger partial charge on any atom is 0.410 e. The number of aliphatic hydroxyl groups is 1. The van der Waals surface area contributed by atoms with Crippen LogP contribution in [0.25, 0.3) is 11.0 Å². The van der Waals surface area contributed by atoms with Crippen LogP contribution in [0.5, 0.6) is 0 Å². The second-order valence-electron chi connectivity index (χ2n) is 8.37. The minimum Gasteiger partial charge on any atom is -0.444 e. The van der Waals surface area contributed by atoms with Gasteiger partial charge in [-0.05, 0) is 57.7 Å². The number of hydrogen-bond acceptors (Lipinski definition) is 6. The van der Waals surface area contributed by atoms with Crippen molar-refractivity contribution in [1.29, 1.82) is 0 Å². The third-order valence-electron chi connectivity index (χ3n) is 4.94.